The molecule has 1 rings (SSSR count). The first-order valence-electron chi connectivity index (χ1n) is 6.42. The summed E-state index contributed by atoms with van der Waals surface area (Å²) >= 11 is 3.14. The average Bonchev–Trinajstić information content (AvgIpc) is 2.76. The number of sulfonamides is 1. The second-order valence-corrected chi connectivity index (χ2v) is 6.79. The van der Waals surface area contributed by atoms with E-state index in [9.17, 15) is 8.42 Å². The summed E-state index contributed by atoms with van der Waals surface area (Å²) in [5, 5.41) is 2.91. The number of rotatable bonds is 10. The summed E-state index contributed by atoms with van der Waals surface area (Å²) in [5.41, 5.74) is 0. The molecule has 116 valence electrons. The average molecular weight is 369 g/mol. The molecule has 0 atom stereocenters. The van der Waals surface area contributed by atoms with Crippen LogP contribution in [0.5, 0.6) is 0 Å². The number of methoxy groups -OCH3 is 1. The minimum atomic E-state index is -3.53. The van der Waals surface area contributed by atoms with Gasteiger partial charge in [0.15, 0.2) is 4.67 Å². The lowest BCUT2D eigenvalue weighted by Gasteiger charge is -2.05. The smallest absolute Gasteiger partial charge is 0.244 e. The Hall–Kier alpha value is -0.410. The van der Waals surface area contributed by atoms with Gasteiger partial charge in [0.25, 0.3) is 0 Å². The van der Waals surface area contributed by atoms with Gasteiger partial charge in [-0.05, 0) is 42.2 Å². The zero-order chi connectivity index (χ0) is 15.0. The maximum absolute atomic E-state index is 12.1. The SMILES string of the molecule is CNCc1cc(S(=O)(=O)NCCCCCOC)c(Br)o1. The number of hydrogen-bond donors (Lipinski definition) is 2. The minimum absolute atomic E-state index is 0.139. The Morgan fingerprint density at radius 3 is 2.75 bits per heavy atom. The van der Waals surface area contributed by atoms with Crippen LogP contribution in [0.2, 0.25) is 0 Å². The summed E-state index contributed by atoms with van der Waals surface area (Å²) in [6.45, 7) is 1.59. The van der Waals surface area contributed by atoms with Crippen molar-refractivity contribution in [2.45, 2.75) is 30.7 Å². The van der Waals surface area contributed by atoms with Gasteiger partial charge in [-0.15, -0.1) is 0 Å². The lowest BCUT2D eigenvalue weighted by Crippen LogP contribution is -2.24. The Kier molecular flexibility index (Phi) is 7.75. The fourth-order valence-electron chi connectivity index (χ4n) is 1.67. The van der Waals surface area contributed by atoms with E-state index in [1.807, 2.05) is 0 Å². The van der Waals surface area contributed by atoms with Gasteiger partial charge >= 0.3 is 0 Å². The molecule has 0 aromatic carbocycles. The molecular formula is C12H21BrN2O4S. The predicted octanol–water partition coefficient (Wildman–Crippen LogP) is 1.86. The standard InChI is InChI=1S/C12H21BrN2O4S/c1-14-9-10-8-11(12(13)19-10)20(16,17)15-6-4-3-5-7-18-2/h8,14-15H,3-7,9H2,1-2H3. The van der Waals surface area contributed by atoms with Crippen LogP contribution in [-0.2, 0) is 21.3 Å². The van der Waals surface area contributed by atoms with Gasteiger partial charge in [-0.25, -0.2) is 13.1 Å². The number of furan rings is 1. The Morgan fingerprint density at radius 2 is 2.10 bits per heavy atom. The van der Waals surface area contributed by atoms with E-state index in [-0.39, 0.29) is 9.56 Å². The molecule has 6 nitrogen and oxygen atoms in total. The molecule has 0 unspecified atom stereocenters. The molecule has 0 aliphatic heterocycles. The van der Waals surface area contributed by atoms with Crippen molar-refractivity contribution in [3.05, 3.63) is 16.5 Å². The summed E-state index contributed by atoms with van der Waals surface area (Å²) < 4.78 is 37.3. The van der Waals surface area contributed by atoms with Gasteiger partial charge in [0.2, 0.25) is 10.0 Å². The zero-order valence-electron chi connectivity index (χ0n) is 11.7. The van der Waals surface area contributed by atoms with E-state index in [1.54, 1.807) is 14.2 Å². The molecule has 8 heteroatoms. The molecule has 0 spiro atoms. The lowest BCUT2D eigenvalue weighted by atomic mass is 10.2. The molecule has 0 amide bonds. The molecule has 0 fully saturated rings. The summed E-state index contributed by atoms with van der Waals surface area (Å²) in [6.07, 6.45) is 2.63. The summed E-state index contributed by atoms with van der Waals surface area (Å²) in [6, 6.07) is 1.52. The van der Waals surface area contributed by atoms with E-state index in [0.29, 0.717) is 25.5 Å². The first-order chi connectivity index (χ1) is 9.51. The van der Waals surface area contributed by atoms with Gasteiger partial charge < -0.3 is 14.5 Å². The number of ether oxygens (including phenoxy) is 1. The van der Waals surface area contributed by atoms with E-state index in [0.717, 1.165) is 19.3 Å². The third-order valence-electron chi connectivity index (χ3n) is 2.66. The van der Waals surface area contributed by atoms with Crippen molar-refractivity contribution in [1.29, 1.82) is 0 Å². The van der Waals surface area contributed by atoms with E-state index >= 15 is 0 Å². The topological polar surface area (TPSA) is 80.6 Å². The molecule has 20 heavy (non-hydrogen) atoms. The van der Waals surface area contributed by atoms with Crippen LogP contribution in [0, 0.1) is 0 Å². The van der Waals surface area contributed by atoms with Crippen molar-refractivity contribution < 1.29 is 17.6 Å². The van der Waals surface area contributed by atoms with Crippen LogP contribution < -0.4 is 10.0 Å². The minimum Gasteiger partial charge on any atom is -0.452 e. The number of halogens is 1. The highest BCUT2D eigenvalue weighted by Crippen LogP contribution is 2.25. The van der Waals surface area contributed by atoms with Crippen molar-refractivity contribution in [2.24, 2.45) is 0 Å². The molecule has 1 heterocycles. The van der Waals surface area contributed by atoms with E-state index in [1.165, 1.54) is 6.07 Å². The van der Waals surface area contributed by atoms with Crippen LogP contribution in [0.15, 0.2) is 20.0 Å². The van der Waals surface area contributed by atoms with Crippen molar-refractivity contribution in [3.8, 4) is 0 Å². The molecule has 0 aliphatic rings. The molecule has 1 aromatic rings. The highest BCUT2D eigenvalue weighted by molar-refractivity contribution is 9.10. The third kappa shape index (κ3) is 5.53. The molecular weight excluding hydrogens is 348 g/mol. The van der Waals surface area contributed by atoms with Gasteiger partial charge in [0, 0.05) is 26.3 Å². The Balaban J connectivity index is 2.51. The Morgan fingerprint density at radius 1 is 1.35 bits per heavy atom. The second-order valence-electron chi connectivity index (χ2n) is 4.33. The van der Waals surface area contributed by atoms with Crippen LogP contribution in [0.4, 0.5) is 0 Å². The van der Waals surface area contributed by atoms with Crippen LogP contribution in [0.25, 0.3) is 0 Å². The second kappa shape index (κ2) is 8.78. The van der Waals surface area contributed by atoms with E-state index in [2.05, 4.69) is 26.0 Å². The highest BCUT2D eigenvalue weighted by atomic mass is 79.9. The third-order valence-corrected chi connectivity index (χ3v) is 4.98. The van der Waals surface area contributed by atoms with Crippen LogP contribution in [-0.4, -0.2) is 35.7 Å². The summed E-state index contributed by atoms with van der Waals surface area (Å²) in [5.74, 6) is 0.569. The van der Waals surface area contributed by atoms with Gasteiger partial charge in [-0.2, -0.15) is 0 Å². The lowest BCUT2D eigenvalue weighted by molar-refractivity contribution is 0.192. The number of unbranched alkanes of at least 4 members (excludes halogenated alkanes) is 2. The van der Waals surface area contributed by atoms with Gasteiger partial charge in [-0.3, -0.25) is 0 Å². The van der Waals surface area contributed by atoms with Crippen molar-refractivity contribution >= 4 is 26.0 Å². The fourth-order valence-corrected chi connectivity index (χ4v) is 3.74. The van der Waals surface area contributed by atoms with Crippen molar-refractivity contribution in [2.75, 3.05) is 27.3 Å². The molecule has 0 bridgehead atoms. The quantitative estimate of drug-likeness (QED) is 0.616. The molecule has 0 radical (unpaired) electrons. The van der Waals surface area contributed by atoms with Gasteiger partial charge in [0.1, 0.15) is 10.7 Å². The van der Waals surface area contributed by atoms with Crippen molar-refractivity contribution in [1.82, 2.24) is 10.0 Å². The normalized spacial score (nSPS) is 11.9. The highest BCUT2D eigenvalue weighted by Gasteiger charge is 2.21. The first kappa shape index (κ1) is 17.6. The number of hydrogen-bond acceptors (Lipinski definition) is 5. The Bertz CT molecular complexity index is 502. The first-order valence-corrected chi connectivity index (χ1v) is 8.70. The molecule has 1 aromatic heterocycles. The monoisotopic (exact) mass is 368 g/mol. The summed E-state index contributed by atoms with van der Waals surface area (Å²) in [7, 11) is -0.109. The van der Waals surface area contributed by atoms with E-state index in [4.69, 9.17) is 9.15 Å². The van der Waals surface area contributed by atoms with Crippen LogP contribution >= 0.6 is 15.9 Å². The zero-order valence-corrected chi connectivity index (χ0v) is 14.1. The largest absolute Gasteiger partial charge is 0.452 e. The molecule has 0 saturated heterocycles. The maximum atomic E-state index is 12.1. The molecule has 0 aliphatic carbocycles. The van der Waals surface area contributed by atoms with Gasteiger partial charge in [0.05, 0.1) is 6.54 Å². The Labute approximate surface area is 128 Å². The van der Waals surface area contributed by atoms with E-state index < -0.39 is 10.0 Å². The van der Waals surface area contributed by atoms with Crippen molar-refractivity contribution in [3.63, 3.8) is 0 Å². The van der Waals surface area contributed by atoms with Crippen LogP contribution in [0.3, 0.4) is 0 Å². The molecule has 0 saturated carbocycles. The maximum Gasteiger partial charge on any atom is 0.244 e. The fraction of sp³-hybridized carbons (Fsp3) is 0.667. The molecule has 2 N–H and O–H groups in total. The van der Waals surface area contributed by atoms with Gasteiger partial charge in [-0.1, -0.05) is 0 Å². The van der Waals surface area contributed by atoms with Crippen LogP contribution in [0.1, 0.15) is 25.0 Å². The predicted molar refractivity (Wildman–Crippen MR) is 80.1 cm³/mol. The summed E-state index contributed by atoms with van der Waals surface area (Å²) in [4.78, 5) is 0.139. The number of nitrogens with one attached hydrogen (secondary N) is 2.